The van der Waals surface area contributed by atoms with Gasteiger partial charge in [-0.15, -0.1) is 10.2 Å². The normalized spacial score (nSPS) is 29.6. The predicted molar refractivity (Wildman–Crippen MR) is 217 cm³/mol. The smallest absolute Gasteiger partial charge is 0.245 e. The number of anilines is 3. The number of carbonyl (C=O) groups is 2. The van der Waals surface area contributed by atoms with Crippen molar-refractivity contribution in [3.63, 3.8) is 0 Å². The molecule has 0 radical (unpaired) electrons. The molecule has 2 amide bonds. The summed E-state index contributed by atoms with van der Waals surface area (Å²) in [5.41, 5.74) is 9.53. The monoisotopic (exact) mass is 778 g/mol. The van der Waals surface area contributed by atoms with Crippen molar-refractivity contribution < 1.29 is 19.8 Å². The van der Waals surface area contributed by atoms with Gasteiger partial charge in [-0.3, -0.25) is 9.59 Å². The molecule has 2 bridgehead atoms. The van der Waals surface area contributed by atoms with Crippen LogP contribution in [0.4, 0.5) is 17.5 Å². The highest BCUT2D eigenvalue weighted by Gasteiger charge is 2.56. The van der Waals surface area contributed by atoms with Crippen molar-refractivity contribution in [2.24, 2.45) is 16.7 Å². The van der Waals surface area contributed by atoms with Gasteiger partial charge in [-0.1, -0.05) is 32.9 Å². The fourth-order valence-corrected chi connectivity index (χ4v) is 10.9. The summed E-state index contributed by atoms with van der Waals surface area (Å²) >= 11 is 0. The Balaban J connectivity index is 0.742. The molecule has 57 heavy (non-hydrogen) atoms. The van der Waals surface area contributed by atoms with Crippen molar-refractivity contribution in [3.05, 3.63) is 48.3 Å². The average molecular weight is 779 g/mol. The lowest BCUT2D eigenvalue weighted by atomic mass is 9.49. The number of likely N-dealkylation sites (tertiary alicyclic amines) is 2. The number of aromatic nitrogens is 4. The number of carbonyl (C=O) groups excluding carboxylic acids is 2. The number of aliphatic hydroxyl groups excluding tert-OH is 1. The number of fused-ring (bicyclic) bond motifs is 2. The van der Waals surface area contributed by atoms with Gasteiger partial charge in [0.2, 0.25) is 17.8 Å². The van der Waals surface area contributed by atoms with E-state index in [0.29, 0.717) is 48.5 Å². The van der Waals surface area contributed by atoms with Crippen LogP contribution in [0.15, 0.2) is 42.7 Å². The van der Waals surface area contributed by atoms with E-state index >= 15 is 0 Å². The molecule has 1 spiro atoms. The summed E-state index contributed by atoms with van der Waals surface area (Å²) in [6.45, 7) is 10.6. The molecule has 2 aliphatic carbocycles. The Labute approximate surface area is 335 Å². The number of hydrogen-bond donors (Lipinski definition) is 4. The molecule has 5 N–H and O–H groups in total. The minimum atomic E-state index is -0.584. The van der Waals surface area contributed by atoms with Crippen LogP contribution in [0.2, 0.25) is 0 Å². The predicted octanol–water partition coefficient (Wildman–Crippen LogP) is 3.94. The Kier molecular flexibility index (Phi) is 9.78. The van der Waals surface area contributed by atoms with Crippen molar-refractivity contribution in [3.8, 4) is 17.0 Å². The Morgan fingerprint density at radius 3 is 2.21 bits per heavy atom. The maximum atomic E-state index is 13.4. The molecule has 6 heterocycles. The second-order valence-corrected chi connectivity index (χ2v) is 19.0. The first-order valence-corrected chi connectivity index (χ1v) is 21.1. The molecule has 6 fully saturated rings. The van der Waals surface area contributed by atoms with Crippen LogP contribution in [0.1, 0.15) is 90.0 Å². The zero-order chi connectivity index (χ0) is 39.6. The van der Waals surface area contributed by atoms with Crippen molar-refractivity contribution in [2.45, 2.75) is 115 Å². The molecule has 4 atom stereocenters. The van der Waals surface area contributed by atoms with E-state index in [2.05, 4.69) is 42.6 Å². The van der Waals surface area contributed by atoms with Crippen LogP contribution in [-0.2, 0) is 9.59 Å². The van der Waals surface area contributed by atoms with Gasteiger partial charge in [-0.25, -0.2) is 9.97 Å². The third-order valence-electron chi connectivity index (χ3n) is 14.2. The van der Waals surface area contributed by atoms with Gasteiger partial charge in [0.25, 0.3) is 0 Å². The number of nitrogens with one attached hydrogen (secondary N) is 1. The zero-order valence-corrected chi connectivity index (χ0v) is 33.6. The second-order valence-electron chi connectivity index (χ2n) is 19.0. The largest absolute Gasteiger partial charge is 0.507 e. The number of phenols is 1. The number of nitrogens with two attached hydrogens (primary N) is 1. The number of hydrogen-bond acceptors (Lipinski definition) is 12. The molecule has 14 nitrogen and oxygen atoms in total. The number of β-amino-alcohol motifs (C(OH)–C–C–N with tert-alkyl or cyclic N) is 1. The van der Waals surface area contributed by atoms with E-state index in [4.69, 9.17) is 15.7 Å². The van der Waals surface area contributed by atoms with Crippen LogP contribution in [0, 0.1) is 16.7 Å². The Morgan fingerprint density at radius 2 is 1.58 bits per heavy atom. The zero-order valence-electron chi connectivity index (χ0n) is 33.6. The Hall–Kier alpha value is -4.56. The number of piperidine rings is 1. The average Bonchev–Trinajstić information content (AvgIpc) is 3.72. The van der Waals surface area contributed by atoms with Crippen LogP contribution in [0.5, 0.6) is 5.75 Å². The van der Waals surface area contributed by atoms with Gasteiger partial charge in [0.05, 0.1) is 17.5 Å². The number of piperazine rings is 1. The quantitative estimate of drug-likeness (QED) is 0.260. The van der Waals surface area contributed by atoms with Gasteiger partial charge in [-0.2, -0.15) is 0 Å². The van der Waals surface area contributed by atoms with Crippen LogP contribution in [-0.4, -0.2) is 122 Å². The highest BCUT2D eigenvalue weighted by Crippen LogP contribution is 2.60. The van der Waals surface area contributed by atoms with Crippen LogP contribution in [0.25, 0.3) is 11.3 Å². The van der Waals surface area contributed by atoms with E-state index < -0.39 is 17.6 Å². The number of aromatic hydroxyl groups is 1. The molecule has 14 heteroatoms. The third-order valence-corrected chi connectivity index (χ3v) is 14.2. The molecular formula is C43H58N10O4. The van der Waals surface area contributed by atoms with Gasteiger partial charge in [0, 0.05) is 68.2 Å². The van der Waals surface area contributed by atoms with Gasteiger partial charge in [0.1, 0.15) is 11.8 Å². The minimum Gasteiger partial charge on any atom is -0.507 e. The van der Waals surface area contributed by atoms with E-state index in [1.807, 2.05) is 39.0 Å². The number of phenolic OH excluding ortho intramolecular Hbond substituents is 1. The molecule has 304 valence electrons. The molecule has 2 unspecified atom stereocenters. The van der Waals surface area contributed by atoms with Crippen LogP contribution in [0.3, 0.4) is 0 Å². The van der Waals surface area contributed by atoms with Crippen molar-refractivity contribution in [2.75, 3.05) is 54.8 Å². The lowest BCUT2D eigenvalue weighted by molar-refractivity contribution is -0.149. The van der Waals surface area contributed by atoms with Crippen molar-refractivity contribution in [1.82, 2.24) is 35.3 Å². The summed E-state index contributed by atoms with van der Waals surface area (Å²) in [6, 6.07) is 9.63. The third kappa shape index (κ3) is 7.28. The second kappa shape index (κ2) is 14.7. The first-order valence-electron chi connectivity index (χ1n) is 21.1. The minimum absolute atomic E-state index is 0.00827. The van der Waals surface area contributed by atoms with Crippen LogP contribution >= 0.6 is 0 Å². The lowest BCUT2D eigenvalue weighted by Crippen LogP contribution is -2.61. The van der Waals surface area contributed by atoms with Crippen molar-refractivity contribution in [1.29, 1.82) is 0 Å². The molecule has 1 aromatic carbocycles. The van der Waals surface area contributed by atoms with Gasteiger partial charge >= 0.3 is 0 Å². The van der Waals surface area contributed by atoms with Crippen LogP contribution < -0.4 is 20.9 Å². The van der Waals surface area contributed by atoms with Gasteiger partial charge < -0.3 is 40.9 Å². The first kappa shape index (κ1) is 38.0. The van der Waals surface area contributed by atoms with Gasteiger partial charge in [-0.05, 0) is 111 Å². The summed E-state index contributed by atoms with van der Waals surface area (Å²) in [5, 5.41) is 32.0. The molecule has 3 aromatic rings. The molecule has 4 saturated heterocycles. The fourth-order valence-electron chi connectivity index (χ4n) is 10.9. The molecule has 9 rings (SSSR count). The molecule has 2 aromatic heterocycles. The fraction of sp³-hybridized carbons (Fsp3) is 0.628. The van der Waals surface area contributed by atoms with E-state index in [9.17, 15) is 19.8 Å². The number of amides is 2. The summed E-state index contributed by atoms with van der Waals surface area (Å²) in [5.74, 6) is 1.72. The summed E-state index contributed by atoms with van der Waals surface area (Å²) in [6.07, 6.45) is 12.7. The number of para-hydroxylation sites is 1. The molecule has 6 aliphatic rings. The lowest BCUT2D eigenvalue weighted by Gasteiger charge is -2.60. The SMILES string of the molecule is CC(C)(C)[C@H](NC(=O)[C@H]1CC2(C1)C[C@H](N1CCC(c3cnc(N4C5CCC4CN(c4cc(-c6ccccc6O)nnc4N)C5)nc3)CC1)C2)C(=O)N1CC[C@@H](O)C1. The maximum absolute atomic E-state index is 13.4. The summed E-state index contributed by atoms with van der Waals surface area (Å²) < 4.78 is 0. The van der Waals surface area contributed by atoms with Crippen molar-refractivity contribution >= 4 is 29.3 Å². The number of benzene rings is 1. The highest BCUT2D eigenvalue weighted by atomic mass is 16.3. The molecule has 2 saturated carbocycles. The van der Waals surface area contributed by atoms with E-state index in [0.717, 1.165) is 89.2 Å². The summed E-state index contributed by atoms with van der Waals surface area (Å²) in [4.78, 5) is 45.6. The Bertz CT molecular complexity index is 1950. The van der Waals surface area contributed by atoms with Gasteiger partial charge in [0.15, 0.2) is 5.82 Å². The van der Waals surface area contributed by atoms with E-state index in [-0.39, 0.29) is 41.0 Å². The highest BCUT2D eigenvalue weighted by molar-refractivity contribution is 5.89. The summed E-state index contributed by atoms with van der Waals surface area (Å²) in [7, 11) is 0. The standard InChI is InChI=1S/C43H58N10O4/c1-42(2,3)37(40(57)51-15-12-32(54)25-51)47-39(56)27-17-43(18-27)19-31(20-43)50-13-10-26(11-14-50)28-21-45-41(46-22-28)53-29-8-9-30(53)24-52(23-29)35-16-34(48-49-38(35)44)33-6-4-5-7-36(33)55/h4-7,16,21-22,26-27,29-32,37,54-55H,8-15,17-20,23-25H2,1-3H3,(H2,44,49)(H,47,56)/t27-,29?,30?,31-,32-,37-,43?/m1/s1. The van der Waals surface area contributed by atoms with E-state index in [1.54, 1.807) is 17.0 Å². The number of aliphatic hydroxyl groups is 1. The first-order chi connectivity index (χ1) is 27.3. The number of rotatable bonds is 8. The van der Waals surface area contributed by atoms with E-state index in [1.165, 1.54) is 5.56 Å². The molecule has 4 aliphatic heterocycles. The number of nitrogen functional groups attached to an aromatic ring is 1. The number of nitrogens with zero attached hydrogens (tertiary/aromatic N) is 8. The topological polar surface area (TPSA) is 177 Å². The molecular weight excluding hydrogens is 721 g/mol. The maximum Gasteiger partial charge on any atom is 0.245 e. The Morgan fingerprint density at radius 1 is 0.895 bits per heavy atom.